The number of benzene rings is 1. The third-order valence-corrected chi connectivity index (χ3v) is 5.05. The zero-order valence-corrected chi connectivity index (χ0v) is 13.0. The second kappa shape index (κ2) is 6.74. The number of sulfonamides is 1. The first-order chi connectivity index (χ1) is 9.94. The van der Waals surface area contributed by atoms with Gasteiger partial charge in [0.15, 0.2) is 0 Å². The van der Waals surface area contributed by atoms with Crippen LogP contribution in [-0.4, -0.2) is 40.8 Å². The quantitative estimate of drug-likeness (QED) is 0.827. The minimum Gasteiger partial charge on any atom is -0.459 e. The van der Waals surface area contributed by atoms with Crippen LogP contribution in [0.3, 0.4) is 0 Å². The Hall–Kier alpha value is -1.15. The Balaban J connectivity index is 2.12. The molecule has 1 aliphatic heterocycles. The first-order valence-electron chi connectivity index (χ1n) is 6.46. The van der Waals surface area contributed by atoms with Gasteiger partial charge in [0.2, 0.25) is 10.0 Å². The number of hydrogen-bond acceptors (Lipinski definition) is 5. The zero-order chi connectivity index (χ0) is 15.5. The van der Waals surface area contributed by atoms with Gasteiger partial charge in [-0.15, -0.1) is 0 Å². The van der Waals surface area contributed by atoms with Crippen molar-refractivity contribution in [1.29, 1.82) is 0 Å². The van der Waals surface area contributed by atoms with Gasteiger partial charge in [-0.3, -0.25) is 0 Å². The predicted octanol–water partition coefficient (Wildman–Crippen LogP) is 1.58. The van der Waals surface area contributed by atoms with Gasteiger partial charge in [-0.05, 0) is 38.1 Å². The van der Waals surface area contributed by atoms with Crippen molar-refractivity contribution in [2.45, 2.75) is 23.8 Å². The monoisotopic (exact) mass is 333 g/mol. The predicted molar refractivity (Wildman–Crippen MR) is 77.0 cm³/mol. The van der Waals surface area contributed by atoms with E-state index in [-0.39, 0.29) is 28.2 Å². The lowest BCUT2D eigenvalue weighted by Gasteiger charge is -2.11. The van der Waals surface area contributed by atoms with Crippen molar-refractivity contribution >= 4 is 27.6 Å². The molecule has 8 heteroatoms. The first kappa shape index (κ1) is 16.2. The molecule has 1 heterocycles. The van der Waals surface area contributed by atoms with Crippen LogP contribution in [-0.2, 0) is 19.5 Å². The summed E-state index contributed by atoms with van der Waals surface area (Å²) in [4.78, 5) is 11.8. The van der Waals surface area contributed by atoms with Crippen LogP contribution in [0.1, 0.15) is 23.2 Å². The van der Waals surface area contributed by atoms with Gasteiger partial charge in [0, 0.05) is 6.61 Å². The molecule has 0 unspecified atom stereocenters. The lowest BCUT2D eigenvalue weighted by atomic mass is 10.2. The van der Waals surface area contributed by atoms with Crippen LogP contribution in [0.25, 0.3) is 0 Å². The van der Waals surface area contributed by atoms with Gasteiger partial charge < -0.3 is 9.47 Å². The highest BCUT2D eigenvalue weighted by Gasteiger charge is 2.21. The van der Waals surface area contributed by atoms with E-state index in [9.17, 15) is 13.2 Å². The molecule has 1 atom stereocenters. The highest BCUT2D eigenvalue weighted by Crippen LogP contribution is 2.23. The molecule has 0 aromatic heterocycles. The topological polar surface area (TPSA) is 81.7 Å². The van der Waals surface area contributed by atoms with Crippen molar-refractivity contribution in [2.24, 2.45) is 0 Å². The fourth-order valence-corrected chi connectivity index (χ4v) is 3.22. The second-order valence-electron chi connectivity index (χ2n) is 4.59. The van der Waals surface area contributed by atoms with E-state index in [1.807, 2.05) is 0 Å². The van der Waals surface area contributed by atoms with Crippen LogP contribution in [0.2, 0.25) is 5.02 Å². The number of esters is 1. The fraction of sp³-hybridized carbons (Fsp3) is 0.462. The van der Waals surface area contributed by atoms with E-state index < -0.39 is 16.0 Å². The van der Waals surface area contributed by atoms with E-state index in [0.717, 1.165) is 12.8 Å². The van der Waals surface area contributed by atoms with Crippen molar-refractivity contribution in [3.63, 3.8) is 0 Å². The Kier molecular flexibility index (Phi) is 5.21. The zero-order valence-electron chi connectivity index (χ0n) is 11.5. The van der Waals surface area contributed by atoms with Gasteiger partial charge in [0.1, 0.15) is 11.5 Å². The van der Waals surface area contributed by atoms with E-state index in [0.29, 0.717) is 6.61 Å². The number of halogens is 1. The van der Waals surface area contributed by atoms with Crippen molar-refractivity contribution in [1.82, 2.24) is 4.72 Å². The van der Waals surface area contributed by atoms with Gasteiger partial charge in [0.25, 0.3) is 0 Å². The maximum absolute atomic E-state index is 11.9. The molecule has 1 aromatic carbocycles. The third-order valence-electron chi connectivity index (χ3n) is 3.15. The average Bonchev–Trinajstić information content (AvgIpc) is 2.98. The average molecular weight is 334 g/mol. The summed E-state index contributed by atoms with van der Waals surface area (Å²) in [7, 11) is -2.46. The summed E-state index contributed by atoms with van der Waals surface area (Å²) in [5, 5.41) is 0.0417. The number of carbonyl (C=O) groups excluding carboxylic acids is 1. The fourth-order valence-electron chi connectivity index (χ4n) is 1.97. The molecule has 1 aliphatic rings. The standard InChI is InChI=1S/C13H16ClNO5S/c1-15-21(17,18)12-7-9(4-5-11(12)14)13(16)20-8-10-3-2-6-19-10/h4-5,7,10,15H,2-3,6,8H2,1H3/t10-/m1/s1. The summed E-state index contributed by atoms with van der Waals surface area (Å²) in [5.41, 5.74) is 0.131. The molecule has 21 heavy (non-hydrogen) atoms. The number of rotatable bonds is 5. The van der Waals surface area contributed by atoms with Crippen molar-refractivity contribution in [3.05, 3.63) is 28.8 Å². The lowest BCUT2D eigenvalue weighted by molar-refractivity contribution is 0.0161. The summed E-state index contributed by atoms with van der Waals surface area (Å²) in [5.74, 6) is -0.602. The van der Waals surface area contributed by atoms with Crippen LogP contribution < -0.4 is 4.72 Å². The molecule has 1 aromatic rings. The maximum Gasteiger partial charge on any atom is 0.338 e. The van der Waals surface area contributed by atoms with Crippen LogP contribution in [0, 0.1) is 0 Å². The molecular formula is C13H16ClNO5S. The molecule has 1 fully saturated rings. The van der Waals surface area contributed by atoms with Crippen LogP contribution in [0.15, 0.2) is 23.1 Å². The van der Waals surface area contributed by atoms with Gasteiger partial charge in [0.05, 0.1) is 16.7 Å². The number of carbonyl (C=O) groups is 1. The lowest BCUT2D eigenvalue weighted by Crippen LogP contribution is -2.20. The smallest absolute Gasteiger partial charge is 0.338 e. The summed E-state index contributed by atoms with van der Waals surface area (Å²) in [6, 6.07) is 3.98. The Bertz CT molecular complexity index is 625. The third kappa shape index (κ3) is 3.94. The summed E-state index contributed by atoms with van der Waals surface area (Å²) >= 11 is 5.85. The number of ether oxygens (including phenoxy) is 2. The molecule has 0 spiro atoms. The SMILES string of the molecule is CNS(=O)(=O)c1cc(C(=O)OC[C@H]2CCCO2)ccc1Cl. The minimum atomic E-state index is -3.73. The van der Waals surface area contributed by atoms with Crippen molar-refractivity contribution < 1.29 is 22.7 Å². The highest BCUT2D eigenvalue weighted by molar-refractivity contribution is 7.89. The molecule has 0 bridgehead atoms. The number of hydrogen-bond donors (Lipinski definition) is 1. The van der Waals surface area contributed by atoms with Crippen molar-refractivity contribution in [3.8, 4) is 0 Å². The molecule has 0 amide bonds. The molecule has 1 N–H and O–H groups in total. The largest absolute Gasteiger partial charge is 0.459 e. The molecule has 0 saturated carbocycles. The molecule has 0 aliphatic carbocycles. The second-order valence-corrected chi connectivity index (χ2v) is 6.85. The minimum absolute atomic E-state index is 0.0417. The van der Waals surface area contributed by atoms with Gasteiger partial charge in [-0.2, -0.15) is 0 Å². The summed E-state index contributed by atoms with van der Waals surface area (Å²) in [6.07, 6.45) is 1.72. The Labute approximate surface area is 128 Å². The van der Waals surface area contributed by atoms with Gasteiger partial charge >= 0.3 is 5.97 Å². The van der Waals surface area contributed by atoms with Crippen molar-refractivity contribution in [2.75, 3.05) is 20.3 Å². The Morgan fingerprint density at radius 3 is 2.90 bits per heavy atom. The molecule has 116 valence electrons. The molecule has 0 radical (unpaired) electrons. The van der Waals surface area contributed by atoms with E-state index in [4.69, 9.17) is 21.1 Å². The van der Waals surface area contributed by atoms with E-state index in [2.05, 4.69) is 4.72 Å². The van der Waals surface area contributed by atoms with Crippen LogP contribution >= 0.6 is 11.6 Å². The highest BCUT2D eigenvalue weighted by atomic mass is 35.5. The van der Waals surface area contributed by atoms with E-state index >= 15 is 0 Å². The maximum atomic E-state index is 11.9. The van der Waals surface area contributed by atoms with Gasteiger partial charge in [-0.1, -0.05) is 11.6 Å². The molecule has 1 saturated heterocycles. The van der Waals surface area contributed by atoms with Crippen LogP contribution in [0.4, 0.5) is 0 Å². The Morgan fingerprint density at radius 2 is 2.29 bits per heavy atom. The summed E-state index contributed by atoms with van der Waals surface area (Å²) < 4.78 is 36.2. The normalized spacial score (nSPS) is 18.7. The molecular weight excluding hydrogens is 318 g/mol. The first-order valence-corrected chi connectivity index (χ1v) is 8.32. The molecule has 2 rings (SSSR count). The van der Waals surface area contributed by atoms with E-state index in [1.165, 1.54) is 25.2 Å². The van der Waals surface area contributed by atoms with Gasteiger partial charge in [-0.25, -0.2) is 17.9 Å². The summed E-state index contributed by atoms with van der Waals surface area (Å²) in [6.45, 7) is 0.837. The molecule has 6 nitrogen and oxygen atoms in total. The number of nitrogens with one attached hydrogen (secondary N) is 1. The van der Waals surface area contributed by atoms with E-state index in [1.54, 1.807) is 0 Å². The van der Waals surface area contributed by atoms with Crippen LogP contribution in [0.5, 0.6) is 0 Å². The Morgan fingerprint density at radius 1 is 1.52 bits per heavy atom.